The lowest BCUT2D eigenvalue weighted by Crippen LogP contribution is -2.16. The Balaban J connectivity index is 0. The number of halogens is 4. The van der Waals surface area contributed by atoms with Crippen LogP contribution in [0.3, 0.4) is 0 Å². The summed E-state index contributed by atoms with van der Waals surface area (Å²) in [5, 5.41) is 0. The zero-order valence-corrected chi connectivity index (χ0v) is 6.45. The fourth-order valence-electron chi connectivity index (χ4n) is 0.0357. The molecule has 0 saturated heterocycles. The Hall–Kier alpha value is 1.16. The van der Waals surface area contributed by atoms with Crippen LogP contribution in [0, 0.1) is 0 Å². The highest BCUT2D eigenvalue weighted by molar-refractivity contribution is 6.54. The van der Waals surface area contributed by atoms with Crippen LogP contribution in [0.4, 0.5) is 0 Å². The second-order valence-corrected chi connectivity index (χ2v) is 3.30. The molecule has 0 aromatic heterocycles. The van der Waals surface area contributed by atoms with E-state index in [2.05, 4.69) is 0 Å². The molecule has 8 heavy (non-hydrogen) atoms. The van der Waals surface area contributed by atoms with Gasteiger partial charge < -0.3 is 0 Å². The molecule has 0 fully saturated rings. The summed E-state index contributed by atoms with van der Waals surface area (Å²) in [6, 6.07) is 0. The number of hydrogen-bond donors (Lipinski definition) is 0. The van der Waals surface area contributed by atoms with Crippen LogP contribution < -0.4 is 0 Å². The molecular weight excluding hydrogens is 190 g/mol. The Labute approximate surface area is 70.1 Å². The van der Waals surface area contributed by atoms with E-state index >= 15 is 0 Å². The predicted octanol–water partition coefficient (Wildman–Crippen LogP) is 3.27. The maximum absolute atomic E-state index is 5.41. The first-order chi connectivity index (χ1) is 3.12. The van der Waals surface area contributed by atoms with E-state index in [0.29, 0.717) is 0 Å². The molecule has 0 aromatic rings. The summed E-state index contributed by atoms with van der Waals surface area (Å²) in [4.78, 5) is 0. The summed E-state index contributed by atoms with van der Waals surface area (Å²) in [5.74, 6) is 0.333. The Morgan fingerprint density at radius 2 is 1.25 bits per heavy atom. The van der Waals surface area contributed by atoms with E-state index in [9.17, 15) is 0 Å². The van der Waals surface area contributed by atoms with E-state index in [1.165, 1.54) is 0 Å². The van der Waals surface area contributed by atoms with Gasteiger partial charge in [0, 0.05) is 0 Å². The molecule has 0 radical (unpaired) electrons. The van der Waals surface area contributed by atoms with Crippen molar-refractivity contribution in [3.63, 3.8) is 0 Å². The molecule has 0 bridgehead atoms. The molecule has 0 saturated carbocycles. The highest BCUT2D eigenvalue weighted by atomic mass is 35.5. The van der Waals surface area contributed by atoms with Crippen molar-refractivity contribution in [1.82, 2.24) is 0 Å². The Bertz CT molecular complexity index is 46.0. The van der Waals surface area contributed by atoms with Crippen molar-refractivity contribution in [2.24, 2.45) is 0 Å². The van der Waals surface area contributed by atoms with Crippen LogP contribution in [0.25, 0.3) is 0 Å². The first-order valence-corrected chi connectivity index (χ1v) is 3.44. The van der Waals surface area contributed by atoms with E-state index in [1.807, 2.05) is 0 Å². The minimum atomic E-state index is -0.941. The molecule has 0 unspecified atom stereocenters. The average molecular weight is 198 g/mol. The van der Waals surface area contributed by atoms with Crippen molar-refractivity contribution in [3.8, 4) is 0 Å². The minimum absolute atomic E-state index is 0. The Morgan fingerprint density at radius 1 is 1.00 bits per heavy atom. The van der Waals surface area contributed by atoms with E-state index in [0.717, 1.165) is 0 Å². The minimum Gasteiger partial charge on any atom is -0.123 e. The number of alkyl halides is 4. The maximum atomic E-state index is 5.41. The maximum Gasteiger partial charge on any atom is 0.145 e. The van der Waals surface area contributed by atoms with Gasteiger partial charge in [-0.1, -0.05) is 30.6 Å². The van der Waals surface area contributed by atoms with Gasteiger partial charge in [0.15, 0.2) is 0 Å². The van der Waals surface area contributed by atoms with Gasteiger partial charge in [-0.05, 0) is 0 Å². The summed E-state index contributed by atoms with van der Waals surface area (Å²) in [6.07, 6.45) is 0. The molecule has 4 heteroatoms. The quantitative estimate of drug-likeness (QED) is 0.597. The molecule has 0 amide bonds. The zero-order chi connectivity index (χ0) is 5.91. The lowest BCUT2D eigenvalue weighted by molar-refractivity contribution is 1.01. The van der Waals surface area contributed by atoms with E-state index < -0.39 is 4.33 Å². The van der Waals surface area contributed by atoms with Crippen LogP contribution in [0.15, 0.2) is 0 Å². The summed E-state index contributed by atoms with van der Waals surface area (Å²) in [6.45, 7) is 0. The van der Waals surface area contributed by atoms with Crippen molar-refractivity contribution in [1.29, 1.82) is 0 Å². The molecule has 0 aliphatic heterocycles. The lowest BCUT2D eigenvalue weighted by Gasteiger charge is -2.08. The third-order valence-corrected chi connectivity index (χ3v) is 2.39. The smallest absolute Gasteiger partial charge is 0.123 e. The van der Waals surface area contributed by atoms with Gasteiger partial charge in [-0.15, -0.1) is 23.2 Å². The first-order valence-electron chi connectivity index (χ1n) is 1.62. The van der Waals surface area contributed by atoms with Crippen molar-refractivity contribution in [2.45, 2.75) is 11.8 Å². The highest BCUT2D eigenvalue weighted by Crippen LogP contribution is 2.23. The molecule has 0 aromatic carbocycles. The zero-order valence-electron chi connectivity index (χ0n) is 3.43. The van der Waals surface area contributed by atoms with Gasteiger partial charge >= 0.3 is 0 Å². The molecule has 0 atom stereocenters. The number of rotatable bonds is 2. The van der Waals surface area contributed by atoms with Crippen molar-refractivity contribution in [2.75, 3.05) is 11.8 Å². The van der Waals surface area contributed by atoms with Crippen molar-refractivity contribution >= 4 is 46.4 Å². The largest absolute Gasteiger partial charge is 0.145 e. The van der Waals surface area contributed by atoms with Gasteiger partial charge in [0.05, 0.1) is 11.8 Å². The van der Waals surface area contributed by atoms with Gasteiger partial charge in [0.1, 0.15) is 4.33 Å². The fourth-order valence-corrected chi connectivity index (χ4v) is 0.321. The third kappa shape index (κ3) is 5.30. The third-order valence-electron chi connectivity index (χ3n) is 0.391. The standard InChI is InChI=1S/C3H4Cl4.CH4/c4-1-3(6,7)2-5;/h1-2H2;1H4. The average Bonchev–Trinajstić information content (AvgIpc) is 1.68. The molecule has 0 spiro atoms. The van der Waals surface area contributed by atoms with Gasteiger partial charge in [0.2, 0.25) is 0 Å². The summed E-state index contributed by atoms with van der Waals surface area (Å²) in [5.41, 5.74) is 0. The lowest BCUT2D eigenvalue weighted by atomic mass is 10.5. The Morgan fingerprint density at radius 3 is 1.25 bits per heavy atom. The van der Waals surface area contributed by atoms with E-state index in [-0.39, 0.29) is 19.2 Å². The topological polar surface area (TPSA) is 0 Å². The van der Waals surface area contributed by atoms with Crippen LogP contribution in [-0.2, 0) is 0 Å². The molecule has 0 aliphatic carbocycles. The fraction of sp³-hybridized carbons (Fsp3) is 1.00. The molecule has 0 heterocycles. The molecule has 0 N–H and O–H groups in total. The van der Waals surface area contributed by atoms with Crippen LogP contribution in [0.1, 0.15) is 7.43 Å². The molecule has 52 valence electrons. The molecule has 0 rings (SSSR count). The van der Waals surface area contributed by atoms with Gasteiger partial charge in [0.25, 0.3) is 0 Å². The van der Waals surface area contributed by atoms with Crippen molar-refractivity contribution in [3.05, 3.63) is 0 Å². The number of hydrogen-bond acceptors (Lipinski definition) is 0. The normalized spacial score (nSPS) is 10.5. The molecule has 0 aliphatic rings. The SMILES string of the molecule is C.ClCC(Cl)(Cl)CCl. The monoisotopic (exact) mass is 196 g/mol. The van der Waals surface area contributed by atoms with Gasteiger partial charge in [-0.25, -0.2) is 0 Å². The van der Waals surface area contributed by atoms with Crippen LogP contribution >= 0.6 is 46.4 Å². The predicted molar refractivity (Wildman–Crippen MR) is 42.6 cm³/mol. The summed E-state index contributed by atoms with van der Waals surface area (Å²) < 4.78 is -0.941. The van der Waals surface area contributed by atoms with Crippen LogP contribution in [0.5, 0.6) is 0 Å². The van der Waals surface area contributed by atoms with Gasteiger partial charge in [-0.2, -0.15) is 0 Å². The van der Waals surface area contributed by atoms with Crippen LogP contribution in [-0.4, -0.2) is 16.1 Å². The van der Waals surface area contributed by atoms with E-state index in [1.54, 1.807) is 0 Å². The van der Waals surface area contributed by atoms with Crippen LogP contribution in [0.2, 0.25) is 0 Å². The molecule has 0 nitrogen and oxygen atoms in total. The summed E-state index contributed by atoms with van der Waals surface area (Å²) in [7, 11) is 0. The summed E-state index contributed by atoms with van der Waals surface area (Å²) >= 11 is 21.3. The second-order valence-electron chi connectivity index (χ2n) is 1.12. The Kier molecular flexibility index (Phi) is 7.41. The second kappa shape index (κ2) is 4.99. The van der Waals surface area contributed by atoms with Crippen molar-refractivity contribution < 1.29 is 0 Å². The van der Waals surface area contributed by atoms with E-state index in [4.69, 9.17) is 46.4 Å². The highest BCUT2D eigenvalue weighted by Gasteiger charge is 2.19. The first kappa shape index (κ1) is 11.9. The molecular formula is C4H8Cl4. The van der Waals surface area contributed by atoms with Gasteiger partial charge in [-0.3, -0.25) is 0 Å².